The van der Waals surface area contributed by atoms with Gasteiger partial charge in [-0.15, -0.1) is 0 Å². The van der Waals surface area contributed by atoms with E-state index in [0.29, 0.717) is 18.9 Å². The molecule has 0 saturated heterocycles. The number of sulfonamides is 1. The Morgan fingerprint density at radius 1 is 1.12 bits per heavy atom. The van der Waals surface area contributed by atoms with Crippen LogP contribution in [0.15, 0.2) is 53.4 Å². The molecule has 1 aliphatic carbocycles. The fourth-order valence-corrected chi connectivity index (χ4v) is 4.05. The quantitative estimate of drug-likeness (QED) is 0.835. The van der Waals surface area contributed by atoms with Crippen molar-refractivity contribution >= 4 is 10.0 Å². The number of para-hydroxylation sites is 1. The lowest BCUT2D eigenvalue weighted by Crippen LogP contribution is -2.32. The topological polar surface area (TPSA) is 55.4 Å². The predicted molar refractivity (Wildman–Crippen MR) is 90.1 cm³/mol. The van der Waals surface area contributed by atoms with Crippen LogP contribution >= 0.6 is 0 Å². The first-order chi connectivity index (χ1) is 11.5. The molecule has 0 radical (unpaired) electrons. The first-order valence-electron chi connectivity index (χ1n) is 7.94. The summed E-state index contributed by atoms with van der Waals surface area (Å²) in [5.41, 5.74) is 0.728. The first kappa shape index (κ1) is 16.9. The number of benzene rings is 2. The molecule has 1 N–H and O–H groups in total. The lowest BCUT2D eigenvalue weighted by molar-refractivity contribution is 0.331. The van der Waals surface area contributed by atoms with E-state index in [1.54, 1.807) is 30.3 Å². The van der Waals surface area contributed by atoms with Crippen LogP contribution in [-0.2, 0) is 15.4 Å². The van der Waals surface area contributed by atoms with Crippen LogP contribution in [0.5, 0.6) is 5.75 Å². The van der Waals surface area contributed by atoms with Crippen molar-refractivity contribution in [3.8, 4) is 5.75 Å². The fraction of sp³-hybridized carbons (Fsp3) is 0.333. The molecule has 3 rings (SSSR count). The molecule has 0 amide bonds. The van der Waals surface area contributed by atoms with Crippen LogP contribution in [0.25, 0.3) is 0 Å². The van der Waals surface area contributed by atoms with Gasteiger partial charge in [-0.1, -0.05) is 24.3 Å². The van der Waals surface area contributed by atoms with E-state index in [4.69, 9.17) is 4.74 Å². The number of halogens is 1. The van der Waals surface area contributed by atoms with E-state index in [0.717, 1.165) is 18.4 Å². The van der Waals surface area contributed by atoms with Gasteiger partial charge in [-0.25, -0.2) is 17.5 Å². The van der Waals surface area contributed by atoms with Gasteiger partial charge in [-0.3, -0.25) is 0 Å². The third-order valence-corrected chi connectivity index (χ3v) is 5.79. The van der Waals surface area contributed by atoms with E-state index in [9.17, 15) is 12.8 Å². The Hall–Kier alpha value is -1.92. The number of rotatable bonds is 7. The summed E-state index contributed by atoms with van der Waals surface area (Å²) < 4.78 is 46.5. The van der Waals surface area contributed by atoms with Gasteiger partial charge in [0.2, 0.25) is 10.0 Å². The summed E-state index contributed by atoms with van der Waals surface area (Å²) in [6.45, 7) is 2.50. The highest BCUT2D eigenvalue weighted by Gasteiger charge is 2.45. The van der Waals surface area contributed by atoms with E-state index in [2.05, 4.69) is 4.72 Å². The second-order valence-corrected chi connectivity index (χ2v) is 7.73. The lowest BCUT2D eigenvalue weighted by atomic mass is 9.96. The molecule has 1 fully saturated rings. The van der Waals surface area contributed by atoms with Crippen LogP contribution in [-0.4, -0.2) is 21.6 Å². The minimum atomic E-state index is -3.67. The van der Waals surface area contributed by atoms with Crippen molar-refractivity contribution in [3.63, 3.8) is 0 Å². The third kappa shape index (κ3) is 3.44. The summed E-state index contributed by atoms with van der Waals surface area (Å²) in [6, 6.07) is 12.9. The van der Waals surface area contributed by atoms with Crippen molar-refractivity contribution in [2.45, 2.75) is 30.1 Å². The minimum Gasteiger partial charge on any atom is -0.492 e. The fourth-order valence-electron chi connectivity index (χ4n) is 2.78. The Morgan fingerprint density at radius 3 is 2.42 bits per heavy atom. The number of ether oxygens (including phenoxy) is 1. The smallest absolute Gasteiger partial charge is 0.244 e. The van der Waals surface area contributed by atoms with Crippen molar-refractivity contribution < 1.29 is 17.5 Å². The minimum absolute atomic E-state index is 0.141. The molecule has 2 aromatic carbocycles. The second-order valence-electron chi connectivity index (χ2n) is 5.99. The van der Waals surface area contributed by atoms with E-state index in [-0.39, 0.29) is 16.1 Å². The SMILES string of the molecule is CCOc1ccccc1S(=O)(=O)NCC1(c2ccc(F)cc2)CC1. The summed E-state index contributed by atoms with van der Waals surface area (Å²) in [4.78, 5) is 0.141. The van der Waals surface area contributed by atoms with E-state index in [1.165, 1.54) is 18.2 Å². The highest BCUT2D eigenvalue weighted by Crippen LogP contribution is 2.47. The van der Waals surface area contributed by atoms with Crippen LogP contribution in [0.3, 0.4) is 0 Å². The highest BCUT2D eigenvalue weighted by molar-refractivity contribution is 7.89. The molecule has 0 unspecified atom stereocenters. The van der Waals surface area contributed by atoms with Gasteiger partial charge in [0, 0.05) is 12.0 Å². The molecule has 128 valence electrons. The van der Waals surface area contributed by atoms with E-state index < -0.39 is 10.0 Å². The second kappa shape index (κ2) is 6.53. The Bertz CT molecular complexity index is 814. The summed E-state index contributed by atoms with van der Waals surface area (Å²) in [5.74, 6) is 0.0555. The normalized spacial score (nSPS) is 15.9. The molecule has 4 nitrogen and oxygen atoms in total. The highest BCUT2D eigenvalue weighted by atomic mass is 32.2. The maximum atomic E-state index is 13.1. The van der Waals surface area contributed by atoms with Crippen LogP contribution in [0, 0.1) is 5.82 Å². The van der Waals surface area contributed by atoms with Crippen molar-refractivity contribution in [2.75, 3.05) is 13.2 Å². The third-order valence-electron chi connectivity index (χ3n) is 4.35. The van der Waals surface area contributed by atoms with Crippen LogP contribution in [0.1, 0.15) is 25.3 Å². The first-order valence-corrected chi connectivity index (χ1v) is 9.43. The molecule has 0 bridgehead atoms. The predicted octanol–water partition coefficient (Wildman–Crippen LogP) is 3.23. The van der Waals surface area contributed by atoms with Crippen molar-refractivity contribution in [2.24, 2.45) is 0 Å². The molecule has 1 saturated carbocycles. The Labute approximate surface area is 141 Å². The number of hydrogen-bond donors (Lipinski definition) is 1. The van der Waals surface area contributed by atoms with E-state index in [1.807, 2.05) is 6.92 Å². The average molecular weight is 349 g/mol. The Balaban J connectivity index is 1.77. The largest absolute Gasteiger partial charge is 0.492 e. The molecule has 24 heavy (non-hydrogen) atoms. The van der Waals surface area contributed by atoms with Gasteiger partial charge in [0.05, 0.1) is 6.61 Å². The summed E-state index contributed by atoms with van der Waals surface area (Å²) in [6.07, 6.45) is 1.77. The van der Waals surface area contributed by atoms with Gasteiger partial charge in [0.1, 0.15) is 16.5 Å². The molecule has 0 aliphatic heterocycles. The van der Waals surface area contributed by atoms with Crippen LogP contribution < -0.4 is 9.46 Å². The summed E-state index contributed by atoms with van der Waals surface area (Å²) >= 11 is 0. The zero-order valence-corrected chi connectivity index (χ0v) is 14.3. The summed E-state index contributed by atoms with van der Waals surface area (Å²) in [7, 11) is -3.67. The maximum absolute atomic E-state index is 13.1. The number of nitrogens with one attached hydrogen (secondary N) is 1. The summed E-state index contributed by atoms with van der Waals surface area (Å²) in [5, 5.41) is 0. The lowest BCUT2D eigenvalue weighted by Gasteiger charge is -2.18. The maximum Gasteiger partial charge on any atom is 0.244 e. The number of hydrogen-bond acceptors (Lipinski definition) is 3. The van der Waals surface area contributed by atoms with Crippen molar-refractivity contribution in [1.82, 2.24) is 4.72 Å². The average Bonchev–Trinajstić information content (AvgIpc) is 3.36. The van der Waals surface area contributed by atoms with Gasteiger partial charge < -0.3 is 4.74 Å². The molecule has 0 heterocycles. The van der Waals surface area contributed by atoms with Crippen LogP contribution in [0.2, 0.25) is 0 Å². The van der Waals surface area contributed by atoms with E-state index >= 15 is 0 Å². The molecule has 0 spiro atoms. The van der Waals surface area contributed by atoms with Gasteiger partial charge >= 0.3 is 0 Å². The molecule has 2 aromatic rings. The van der Waals surface area contributed by atoms with Gasteiger partial charge in [-0.2, -0.15) is 0 Å². The van der Waals surface area contributed by atoms with Crippen molar-refractivity contribution in [3.05, 3.63) is 59.9 Å². The Morgan fingerprint density at radius 2 is 1.79 bits per heavy atom. The molecule has 1 aliphatic rings. The standard InChI is InChI=1S/C18H20FNO3S/c1-2-23-16-5-3-4-6-17(16)24(21,22)20-13-18(11-12-18)14-7-9-15(19)10-8-14/h3-10,20H,2,11-13H2,1H3. The zero-order chi connectivity index (χ0) is 17.2. The molecule has 0 atom stereocenters. The van der Waals surface area contributed by atoms with Crippen molar-refractivity contribution in [1.29, 1.82) is 0 Å². The van der Waals surface area contributed by atoms with Gasteiger partial charge in [0.25, 0.3) is 0 Å². The monoisotopic (exact) mass is 349 g/mol. The zero-order valence-electron chi connectivity index (χ0n) is 13.5. The molecular weight excluding hydrogens is 329 g/mol. The molecule has 0 aromatic heterocycles. The van der Waals surface area contributed by atoms with Gasteiger partial charge in [-0.05, 0) is 49.6 Å². The van der Waals surface area contributed by atoms with Gasteiger partial charge in [0.15, 0.2) is 0 Å². The molecular formula is C18H20FNO3S. The molecule has 6 heteroatoms. The Kier molecular flexibility index (Phi) is 4.60. The van der Waals surface area contributed by atoms with Crippen LogP contribution in [0.4, 0.5) is 4.39 Å².